The van der Waals surface area contributed by atoms with Gasteiger partial charge in [-0.05, 0) is 40.8 Å². The Morgan fingerprint density at radius 2 is 1.69 bits per heavy atom. The van der Waals surface area contributed by atoms with E-state index in [9.17, 15) is 0 Å². The molecule has 0 aromatic heterocycles. The lowest BCUT2D eigenvalue weighted by Gasteiger charge is -2.27. The maximum absolute atomic E-state index is 5.79. The molecule has 1 fully saturated rings. The van der Waals surface area contributed by atoms with Gasteiger partial charge in [-0.1, -0.05) is 56.3 Å². The Hall–Kier alpha value is -2.10. The lowest BCUT2D eigenvalue weighted by atomic mass is 10.0. The maximum atomic E-state index is 5.79. The highest BCUT2D eigenvalue weighted by Crippen LogP contribution is 2.18. The van der Waals surface area contributed by atoms with Gasteiger partial charge in [0, 0.05) is 32.7 Å². The van der Waals surface area contributed by atoms with Gasteiger partial charge in [-0.3, -0.25) is 4.90 Å². The van der Waals surface area contributed by atoms with Crippen molar-refractivity contribution in [2.24, 2.45) is 0 Å². The topological polar surface area (TPSA) is 24.5 Å². The largest absolute Gasteiger partial charge is 0.490 e. The average Bonchev–Trinajstić information content (AvgIpc) is 2.68. The summed E-state index contributed by atoms with van der Waals surface area (Å²) in [7, 11) is 0. The van der Waals surface area contributed by atoms with Crippen LogP contribution in [0.25, 0.3) is 6.08 Å². The molecule has 0 radical (unpaired) electrons. The molecule has 1 saturated heterocycles. The Morgan fingerprint density at radius 3 is 2.35 bits per heavy atom. The molecule has 1 aliphatic heterocycles. The molecule has 3 nitrogen and oxygen atoms in total. The summed E-state index contributed by atoms with van der Waals surface area (Å²) in [6, 6.07) is 17.2. The molecule has 0 bridgehead atoms. The molecule has 3 rings (SSSR count). The molecule has 1 N–H and O–H groups in total. The van der Waals surface area contributed by atoms with Gasteiger partial charge in [-0.2, -0.15) is 0 Å². The highest BCUT2D eigenvalue weighted by molar-refractivity contribution is 5.49. The van der Waals surface area contributed by atoms with Gasteiger partial charge in [0.2, 0.25) is 0 Å². The second-order valence-electron chi connectivity index (χ2n) is 7.20. The number of nitrogens with one attached hydrogen (secondary N) is 1. The highest BCUT2D eigenvalue weighted by Gasteiger charge is 2.09. The number of hydrogen-bond acceptors (Lipinski definition) is 3. The Morgan fingerprint density at radius 1 is 1.00 bits per heavy atom. The van der Waals surface area contributed by atoms with Gasteiger partial charge in [0.15, 0.2) is 0 Å². The molecule has 0 spiro atoms. The minimum atomic E-state index is 0.554. The first-order valence-electron chi connectivity index (χ1n) is 9.62. The van der Waals surface area contributed by atoms with Crippen molar-refractivity contribution in [1.82, 2.24) is 10.2 Å². The fourth-order valence-corrected chi connectivity index (χ4v) is 3.14. The lowest BCUT2D eigenvalue weighted by molar-refractivity contribution is 0.233. The summed E-state index contributed by atoms with van der Waals surface area (Å²) >= 11 is 0. The Labute approximate surface area is 157 Å². The summed E-state index contributed by atoms with van der Waals surface area (Å²) < 4.78 is 5.79. The number of ether oxygens (including phenoxy) is 1. The fourth-order valence-electron chi connectivity index (χ4n) is 3.14. The van der Waals surface area contributed by atoms with E-state index < -0.39 is 0 Å². The van der Waals surface area contributed by atoms with Crippen LogP contribution in [0.5, 0.6) is 5.75 Å². The Balaban J connectivity index is 1.44. The van der Waals surface area contributed by atoms with E-state index in [1.54, 1.807) is 0 Å². The van der Waals surface area contributed by atoms with Crippen molar-refractivity contribution in [2.75, 3.05) is 32.8 Å². The Bertz CT molecular complexity index is 683. The van der Waals surface area contributed by atoms with Crippen LogP contribution in [0.3, 0.4) is 0 Å². The van der Waals surface area contributed by atoms with Gasteiger partial charge in [-0.25, -0.2) is 0 Å². The summed E-state index contributed by atoms with van der Waals surface area (Å²) in [6.45, 7) is 10.5. The normalized spacial score (nSPS) is 15.7. The van der Waals surface area contributed by atoms with E-state index in [0.29, 0.717) is 12.5 Å². The molecule has 1 heterocycles. The first kappa shape index (κ1) is 18.7. The van der Waals surface area contributed by atoms with E-state index in [2.05, 4.69) is 72.6 Å². The van der Waals surface area contributed by atoms with Crippen LogP contribution in [-0.4, -0.2) is 37.7 Å². The zero-order valence-electron chi connectivity index (χ0n) is 15.9. The van der Waals surface area contributed by atoms with Crippen LogP contribution in [-0.2, 0) is 6.54 Å². The van der Waals surface area contributed by atoms with Crippen molar-refractivity contribution in [3.8, 4) is 5.75 Å². The molecule has 0 aliphatic carbocycles. The minimum Gasteiger partial charge on any atom is -0.490 e. The van der Waals surface area contributed by atoms with Gasteiger partial charge in [-0.15, -0.1) is 0 Å². The maximum Gasteiger partial charge on any atom is 0.119 e. The van der Waals surface area contributed by atoms with Crippen molar-refractivity contribution < 1.29 is 4.74 Å². The summed E-state index contributed by atoms with van der Waals surface area (Å²) in [5.74, 6) is 1.48. The van der Waals surface area contributed by atoms with Crippen molar-refractivity contribution in [2.45, 2.75) is 26.3 Å². The van der Waals surface area contributed by atoms with Gasteiger partial charge in [0.25, 0.3) is 0 Å². The molecule has 1 aliphatic rings. The van der Waals surface area contributed by atoms with Crippen molar-refractivity contribution >= 4 is 6.08 Å². The van der Waals surface area contributed by atoms with Crippen molar-refractivity contribution in [3.05, 3.63) is 71.3 Å². The molecule has 0 saturated carbocycles. The van der Waals surface area contributed by atoms with Crippen LogP contribution in [0, 0.1) is 0 Å². The van der Waals surface area contributed by atoms with Gasteiger partial charge < -0.3 is 10.1 Å². The smallest absolute Gasteiger partial charge is 0.119 e. The first-order chi connectivity index (χ1) is 12.7. The Kier molecular flexibility index (Phi) is 6.87. The molecule has 0 amide bonds. The van der Waals surface area contributed by atoms with E-state index in [4.69, 9.17) is 4.74 Å². The summed E-state index contributed by atoms with van der Waals surface area (Å²) in [4.78, 5) is 2.50. The van der Waals surface area contributed by atoms with Gasteiger partial charge in [0.1, 0.15) is 12.4 Å². The molecular weight excluding hydrogens is 320 g/mol. The van der Waals surface area contributed by atoms with Crippen LogP contribution >= 0.6 is 0 Å². The number of rotatable bonds is 7. The lowest BCUT2D eigenvalue weighted by Crippen LogP contribution is -2.42. The minimum absolute atomic E-state index is 0.554. The highest BCUT2D eigenvalue weighted by atomic mass is 16.5. The number of benzene rings is 2. The molecule has 2 aromatic carbocycles. The van der Waals surface area contributed by atoms with E-state index in [-0.39, 0.29) is 0 Å². The second kappa shape index (κ2) is 9.56. The summed E-state index contributed by atoms with van der Waals surface area (Å²) in [6.07, 6.45) is 4.19. The second-order valence-corrected chi connectivity index (χ2v) is 7.20. The zero-order valence-corrected chi connectivity index (χ0v) is 15.9. The van der Waals surface area contributed by atoms with E-state index >= 15 is 0 Å². The zero-order chi connectivity index (χ0) is 18.2. The van der Waals surface area contributed by atoms with E-state index in [1.165, 1.54) is 16.7 Å². The molecule has 138 valence electrons. The number of piperazine rings is 1. The quantitative estimate of drug-likeness (QED) is 0.805. The van der Waals surface area contributed by atoms with Gasteiger partial charge >= 0.3 is 0 Å². The first-order valence-corrected chi connectivity index (χ1v) is 9.62. The van der Waals surface area contributed by atoms with E-state index in [0.717, 1.165) is 38.5 Å². The predicted octanol–water partition coefficient (Wildman–Crippen LogP) is 4.31. The van der Waals surface area contributed by atoms with Crippen LogP contribution in [0.2, 0.25) is 0 Å². The molecule has 2 aromatic rings. The molecule has 3 heteroatoms. The third kappa shape index (κ3) is 5.72. The number of nitrogens with zero attached hydrogens (tertiary/aromatic N) is 1. The summed E-state index contributed by atoms with van der Waals surface area (Å²) in [5.41, 5.74) is 3.94. The van der Waals surface area contributed by atoms with Crippen molar-refractivity contribution in [3.63, 3.8) is 0 Å². The third-order valence-corrected chi connectivity index (χ3v) is 4.80. The molecule has 0 unspecified atom stereocenters. The molecule has 0 atom stereocenters. The van der Waals surface area contributed by atoms with Gasteiger partial charge in [0.05, 0.1) is 0 Å². The van der Waals surface area contributed by atoms with Crippen LogP contribution in [0.1, 0.15) is 36.5 Å². The van der Waals surface area contributed by atoms with Crippen LogP contribution in [0.4, 0.5) is 0 Å². The van der Waals surface area contributed by atoms with Crippen LogP contribution < -0.4 is 10.1 Å². The fraction of sp³-hybridized carbons (Fsp3) is 0.391. The SMILES string of the molecule is CC(C)c1ccc(OCC=Cc2ccc(CN3CCNCC3)cc2)cc1. The monoisotopic (exact) mass is 350 g/mol. The van der Waals surface area contributed by atoms with Crippen molar-refractivity contribution in [1.29, 1.82) is 0 Å². The van der Waals surface area contributed by atoms with E-state index in [1.807, 2.05) is 12.1 Å². The van der Waals surface area contributed by atoms with Crippen LogP contribution in [0.15, 0.2) is 54.6 Å². The summed E-state index contributed by atoms with van der Waals surface area (Å²) in [5, 5.41) is 3.39. The number of hydrogen-bond donors (Lipinski definition) is 1. The third-order valence-electron chi connectivity index (χ3n) is 4.80. The molecular formula is C23H30N2O. The average molecular weight is 351 g/mol. The molecule has 26 heavy (non-hydrogen) atoms. The standard InChI is InChI=1S/C23H30N2O/c1-19(2)22-9-11-23(12-10-22)26-17-3-4-20-5-7-21(8-6-20)18-25-15-13-24-14-16-25/h3-12,19,24H,13-18H2,1-2H3. The predicted molar refractivity (Wildman–Crippen MR) is 110 cm³/mol.